The molecular formula is C31H32N6. The fourth-order valence-electron chi connectivity index (χ4n) is 5.05. The minimum absolute atomic E-state index is 0.893. The lowest BCUT2D eigenvalue weighted by Gasteiger charge is -2.14. The van der Waals surface area contributed by atoms with E-state index in [1.165, 1.54) is 27.5 Å². The predicted molar refractivity (Wildman–Crippen MR) is 156 cm³/mol. The van der Waals surface area contributed by atoms with Crippen LogP contribution >= 0.6 is 0 Å². The predicted octanol–water partition coefficient (Wildman–Crippen LogP) is 6.10. The van der Waals surface area contributed by atoms with Crippen LogP contribution in [0.4, 0.5) is 0 Å². The van der Waals surface area contributed by atoms with Crippen molar-refractivity contribution in [2.75, 3.05) is 26.7 Å². The van der Waals surface area contributed by atoms with Crippen LogP contribution in [0.25, 0.3) is 44.2 Å². The summed E-state index contributed by atoms with van der Waals surface area (Å²) in [6.45, 7) is 4.95. The molecule has 0 spiro atoms. The zero-order chi connectivity index (χ0) is 25.2. The van der Waals surface area contributed by atoms with Gasteiger partial charge in [-0.1, -0.05) is 55.5 Å². The maximum atomic E-state index is 4.64. The van der Waals surface area contributed by atoms with Gasteiger partial charge in [0.15, 0.2) is 0 Å². The number of fused-ring (bicyclic) bond motifs is 2. The van der Waals surface area contributed by atoms with Gasteiger partial charge in [0.2, 0.25) is 0 Å². The second-order valence-corrected chi connectivity index (χ2v) is 9.53. The Morgan fingerprint density at radius 2 is 1.78 bits per heavy atom. The van der Waals surface area contributed by atoms with Crippen LogP contribution in [0.5, 0.6) is 0 Å². The molecular weight excluding hydrogens is 456 g/mol. The third kappa shape index (κ3) is 4.51. The monoisotopic (exact) mass is 488 g/mol. The quantitative estimate of drug-likeness (QED) is 0.172. The fraction of sp³-hybridized carbons (Fsp3) is 0.226. The number of rotatable bonds is 6. The maximum absolute atomic E-state index is 4.64. The largest absolute Gasteiger partial charge is 0.370 e. The van der Waals surface area contributed by atoms with Gasteiger partial charge in [0.1, 0.15) is 11.7 Å². The molecule has 5 aromatic rings. The van der Waals surface area contributed by atoms with Crippen molar-refractivity contribution in [1.82, 2.24) is 20.6 Å². The van der Waals surface area contributed by atoms with Crippen LogP contribution in [0.1, 0.15) is 30.9 Å². The van der Waals surface area contributed by atoms with E-state index >= 15 is 0 Å². The minimum Gasteiger partial charge on any atom is -0.370 e. The number of H-pyrrole nitrogens is 2. The molecule has 0 unspecified atom stereocenters. The van der Waals surface area contributed by atoms with Crippen LogP contribution in [0, 0.1) is 0 Å². The molecule has 0 bridgehead atoms. The van der Waals surface area contributed by atoms with E-state index in [1.807, 2.05) is 7.05 Å². The summed E-state index contributed by atoms with van der Waals surface area (Å²) in [6, 6.07) is 24.0. The van der Waals surface area contributed by atoms with E-state index in [-0.39, 0.29) is 0 Å². The van der Waals surface area contributed by atoms with E-state index in [0.29, 0.717) is 0 Å². The average molecular weight is 489 g/mol. The first-order chi connectivity index (χ1) is 18.2. The topological polar surface area (TPSA) is 80.4 Å². The van der Waals surface area contributed by atoms with Gasteiger partial charge in [0.05, 0.1) is 0 Å². The van der Waals surface area contributed by atoms with Crippen molar-refractivity contribution < 1.29 is 0 Å². The zero-order valence-electron chi connectivity index (χ0n) is 21.4. The Bertz CT molecular complexity index is 1620. The van der Waals surface area contributed by atoms with Gasteiger partial charge in [0, 0.05) is 77.1 Å². The number of hydrogen-bond donors (Lipinski definition) is 4. The Hall–Kier alpha value is -4.32. The summed E-state index contributed by atoms with van der Waals surface area (Å²) in [5.41, 5.74) is 9.15. The zero-order valence-corrected chi connectivity index (χ0v) is 21.4. The molecule has 6 heteroatoms. The van der Waals surface area contributed by atoms with E-state index in [4.69, 9.17) is 0 Å². The van der Waals surface area contributed by atoms with Gasteiger partial charge in [-0.05, 0) is 42.2 Å². The van der Waals surface area contributed by atoms with E-state index in [2.05, 4.69) is 110 Å². The Kier molecular flexibility index (Phi) is 6.23. The normalized spacial score (nSPS) is 14.1. The van der Waals surface area contributed by atoms with Gasteiger partial charge >= 0.3 is 0 Å². The molecule has 0 fully saturated rings. The number of aromatic nitrogens is 2. The summed E-state index contributed by atoms with van der Waals surface area (Å²) < 4.78 is 0. The van der Waals surface area contributed by atoms with Gasteiger partial charge in [-0.2, -0.15) is 0 Å². The summed E-state index contributed by atoms with van der Waals surface area (Å²) in [5.74, 6) is 1.92. The van der Waals surface area contributed by atoms with Crippen LogP contribution in [-0.2, 0) is 0 Å². The number of amidine groups is 2. The van der Waals surface area contributed by atoms with Crippen LogP contribution in [0.3, 0.4) is 0 Å². The molecule has 4 N–H and O–H groups in total. The summed E-state index contributed by atoms with van der Waals surface area (Å²) in [4.78, 5) is 16.1. The first kappa shape index (κ1) is 23.1. The number of aromatic amines is 2. The third-order valence-corrected chi connectivity index (χ3v) is 7.02. The van der Waals surface area contributed by atoms with Gasteiger partial charge < -0.3 is 20.6 Å². The van der Waals surface area contributed by atoms with Crippen molar-refractivity contribution in [3.05, 3.63) is 84.1 Å². The summed E-state index contributed by atoms with van der Waals surface area (Å²) in [7, 11) is 1.83. The Morgan fingerprint density at radius 1 is 0.946 bits per heavy atom. The molecule has 0 amide bonds. The lowest BCUT2D eigenvalue weighted by molar-refractivity contribution is 0.742. The molecule has 6 rings (SSSR count). The minimum atomic E-state index is 0.893. The highest BCUT2D eigenvalue weighted by Gasteiger charge is 2.12. The molecule has 6 nitrogen and oxygen atoms in total. The standard InChI is InChI=1S/C31H32N6/c1-3-13-33-30(32-2)23-11-12-25-26(19-36-29(25)18-23)20-5-7-21(8-6-20)27-16-22-9-10-24(17-28(22)37-27)31-34-14-4-15-35-31/h5-12,16-19,36-37H,3-4,13-15H2,1-2H3,(H,32,33)(H,34,35). The molecule has 0 saturated heterocycles. The van der Waals surface area contributed by atoms with E-state index in [9.17, 15) is 0 Å². The molecule has 1 aliphatic rings. The first-order valence-electron chi connectivity index (χ1n) is 13.1. The van der Waals surface area contributed by atoms with Crippen molar-refractivity contribution in [3.63, 3.8) is 0 Å². The average Bonchev–Trinajstić information content (AvgIpc) is 3.58. The summed E-state index contributed by atoms with van der Waals surface area (Å²) in [5, 5.41) is 9.24. The van der Waals surface area contributed by atoms with Gasteiger partial charge in [-0.25, -0.2) is 0 Å². The van der Waals surface area contributed by atoms with Crippen molar-refractivity contribution in [2.45, 2.75) is 19.8 Å². The lowest BCUT2D eigenvalue weighted by atomic mass is 10.0. The highest BCUT2D eigenvalue weighted by molar-refractivity contribution is 6.04. The molecule has 2 aromatic heterocycles. The van der Waals surface area contributed by atoms with Crippen LogP contribution < -0.4 is 10.6 Å². The number of nitrogens with one attached hydrogen (secondary N) is 4. The molecule has 0 saturated carbocycles. The molecule has 37 heavy (non-hydrogen) atoms. The Balaban J connectivity index is 1.26. The summed E-state index contributed by atoms with van der Waals surface area (Å²) >= 11 is 0. The molecule has 3 heterocycles. The highest BCUT2D eigenvalue weighted by atomic mass is 15.0. The van der Waals surface area contributed by atoms with Crippen LogP contribution in [0.2, 0.25) is 0 Å². The van der Waals surface area contributed by atoms with E-state index < -0.39 is 0 Å². The number of hydrogen-bond acceptors (Lipinski definition) is 3. The van der Waals surface area contributed by atoms with Crippen molar-refractivity contribution in [2.24, 2.45) is 9.98 Å². The Morgan fingerprint density at radius 3 is 2.57 bits per heavy atom. The third-order valence-electron chi connectivity index (χ3n) is 7.02. The smallest absolute Gasteiger partial charge is 0.128 e. The molecule has 3 aromatic carbocycles. The second-order valence-electron chi connectivity index (χ2n) is 9.53. The van der Waals surface area contributed by atoms with Gasteiger partial charge in [-0.15, -0.1) is 0 Å². The molecule has 186 valence electrons. The van der Waals surface area contributed by atoms with Crippen LogP contribution in [0.15, 0.2) is 82.9 Å². The van der Waals surface area contributed by atoms with Crippen molar-refractivity contribution in [3.8, 4) is 22.4 Å². The molecule has 1 aliphatic heterocycles. The van der Waals surface area contributed by atoms with Gasteiger partial charge in [0.25, 0.3) is 0 Å². The number of nitrogens with zero attached hydrogens (tertiary/aromatic N) is 2. The summed E-state index contributed by atoms with van der Waals surface area (Å²) in [6.07, 6.45) is 4.26. The molecule has 0 aliphatic carbocycles. The second kappa shape index (κ2) is 9.97. The van der Waals surface area contributed by atoms with E-state index in [1.54, 1.807) is 0 Å². The number of aliphatic imine (C=N–C) groups is 2. The lowest BCUT2D eigenvalue weighted by Crippen LogP contribution is -2.30. The highest BCUT2D eigenvalue weighted by Crippen LogP contribution is 2.32. The Labute approximate surface area is 216 Å². The number of benzene rings is 3. The first-order valence-corrected chi connectivity index (χ1v) is 13.1. The maximum Gasteiger partial charge on any atom is 0.128 e. The van der Waals surface area contributed by atoms with Crippen molar-refractivity contribution >= 4 is 33.5 Å². The van der Waals surface area contributed by atoms with Gasteiger partial charge in [-0.3, -0.25) is 9.98 Å². The van der Waals surface area contributed by atoms with Crippen LogP contribution in [-0.4, -0.2) is 48.3 Å². The molecule has 0 radical (unpaired) electrons. The molecule has 0 atom stereocenters. The SMILES string of the molecule is CCCNC(=NC)c1ccc2c(-c3ccc(-c4cc5ccc(C6=NCCCN6)cc5[nH]4)cc3)c[nH]c2c1. The fourth-order valence-corrected chi connectivity index (χ4v) is 5.05. The van der Waals surface area contributed by atoms with E-state index in [0.717, 1.165) is 72.0 Å². The van der Waals surface area contributed by atoms with Crippen molar-refractivity contribution in [1.29, 1.82) is 0 Å².